The molecule has 0 bridgehead atoms. The first-order valence-corrected chi connectivity index (χ1v) is 14.9. The molecule has 38 heavy (non-hydrogen) atoms. The van der Waals surface area contributed by atoms with E-state index in [0.29, 0.717) is 12.2 Å². The normalized spacial score (nSPS) is 12.0. The fourth-order valence-electron chi connectivity index (χ4n) is 3.96. The average Bonchev–Trinajstić information content (AvgIpc) is 2.93. The van der Waals surface area contributed by atoms with Gasteiger partial charge in [-0.1, -0.05) is 72.2 Å². The van der Waals surface area contributed by atoms with Gasteiger partial charge in [-0.25, -0.2) is 8.42 Å². The second-order valence-electron chi connectivity index (χ2n) is 8.96. The number of carbonyl (C=O) groups excluding carboxylic acids is 2. The van der Waals surface area contributed by atoms with Crippen LogP contribution < -0.4 is 9.62 Å². The number of carbonyl (C=O) groups is 2. The number of halogens is 1. The van der Waals surface area contributed by atoms with Crippen molar-refractivity contribution in [3.8, 4) is 0 Å². The number of aryl methyl sites for hydroxylation is 1. The Hall–Kier alpha value is -3.17. The third-order valence-corrected chi connectivity index (χ3v) is 8.48. The second-order valence-corrected chi connectivity index (χ2v) is 11.7. The molecule has 0 heterocycles. The molecule has 3 aromatic carbocycles. The van der Waals surface area contributed by atoms with Gasteiger partial charge in [0, 0.05) is 17.6 Å². The van der Waals surface area contributed by atoms with Crippen LogP contribution in [0.5, 0.6) is 0 Å². The molecule has 0 spiro atoms. The van der Waals surface area contributed by atoms with Gasteiger partial charge < -0.3 is 10.2 Å². The number of nitrogens with one attached hydrogen (secondary N) is 1. The van der Waals surface area contributed by atoms with Crippen LogP contribution in [0.15, 0.2) is 88.2 Å². The van der Waals surface area contributed by atoms with Crippen LogP contribution in [0.4, 0.5) is 5.69 Å². The van der Waals surface area contributed by atoms with Crippen LogP contribution in [-0.2, 0) is 32.6 Å². The highest BCUT2D eigenvalue weighted by molar-refractivity contribution is 9.10. The summed E-state index contributed by atoms with van der Waals surface area (Å²) in [5.41, 5.74) is 2.24. The van der Waals surface area contributed by atoms with Crippen LogP contribution in [-0.4, -0.2) is 44.3 Å². The Labute approximate surface area is 234 Å². The number of nitrogens with zero attached hydrogens (tertiary/aromatic N) is 2. The zero-order chi connectivity index (χ0) is 27.7. The molecule has 1 atom stereocenters. The molecule has 2 amide bonds. The first-order valence-electron chi connectivity index (χ1n) is 12.7. The predicted molar refractivity (Wildman–Crippen MR) is 154 cm³/mol. The third kappa shape index (κ3) is 7.45. The lowest BCUT2D eigenvalue weighted by Gasteiger charge is -2.32. The van der Waals surface area contributed by atoms with Gasteiger partial charge >= 0.3 is 0 Å². The maximum absolute atomic E-state index is 13.9. The number of sulfonamides is 1. The highest BCUT2D eigenvalue weighted by Crippen LogP contribution is 2.25. The molecule has 202 valence electrons. The molecule has 3 aromatic rings. The molecule has 0 saturated heterocycles. The molecule has 0 aromatic heterocycles. The first kappa shape index (κ1) is 29.4. The van der Waals surface area contributed by atoms with Crippen molar-refractivity contribution in [1.29, 1.82) is 0 Å². The van der Waals surface area contributed by atoms with E-state index in [9.17, 15) is 18.0 Å². The largest absolute Gasteiger partial charge is 0.354 e. The van der Waals surface area contributed by atoms with E-state index in [2.05, 4.69) is 21.2 Å². The fraction of sp³-hybridized carbons (Fsp3) is 0.310. The standard InChI is InChI=1S/C29H34BrN3O4S/c1-4-18-31-29(35)22(3)32(20-24-10-9-11-25(30)19-24)28(34)21-33(26-16-14-23(5-2)15-17-26)38(36,37)27-12-7-6-8-13-27/h6-17,19,22H,4-5,18,20-21H2,1-3H3,(H,31,35)/t22-/m1/s1. The van der Waals surface area contributed by atoms with Crippen LogP contribution in [0.3, 0.4) is 0 Å². The van der Waals surface area contributed by atoms with Crippen molar-refractivity contribution >= 4 is 43.5 Å². The van der Waals surface area contributed by atoms with E-state index in [1.165, 1.54) is 17.0 Å². The van der Waals surface area contributed by atoms with Crippen molar-refractivity contribution in [3.63, 3.8) is 0 Å². The number of hydrogen-bond acceptors (Lipinski definition) is 4. The summed E-state index contributed by atoms with van der Waals surface area (Å²) in [5, 5.41) is 2.84. The van der Waals surface area contributed by atoms with Crippen molar-refractivity contribution in [2.24, 2.45) is 0 Å². The molecule has 0 radical (unpaired) electrons. The SMILES string of the molecule is CCCNC(=O)[C@@H](C)N(Cc1cccc(Br)c1)C(=O)CN(c1ccc(CC)cc1)S(=O)(=O)c1ccccc1. The lowest BCUT2D eigenvalue weighted by Crippen LogP contribution is -2.51. The van der Waals surface area contributed by atoms with Crippen LogP contribution in [0, 0.1) is 0 Å². The Morgan fingerprint density at radius 1 is 0.921 bits per heavy atom. The molecule has 0 aliphatic carbocycles. The minimum absolute atomic E-state index is 0.0830. The molecule has 0 fully saturated rings. The Morgan fingerprint density at radius 2 is 1.61 bits per heavy atom. The lowest BCUT2D eigenvalue weighted by atomic mass is 10.1. The molecule has 3 rings (SSSR count). The second kappa shape index (κ2) is 13.6. The molecule has 7 nitrogen and oxygen atoms in total. The molecule has 0 unspecified atom stereocenters. The number of hydrogen-bond donors (Lipinski definition) is 1. The summed E-state index contributed by atoms with van der Waals surface area (Å²) in [6, 6.07) is 21.8. The van der Waals surface area contributed by atoms with Crippen LogP contribution in [0.2, 0.25) is 0 Å². The van der Waals surface area contributed by atoms with Gasteiger partial charge in [0.2, 0.25) is 11.8 Å². The van der Waals surface area contributed by atoms with E-state index in [1.54, 1.807) is 37.3 Å². The third-order valence-electron chi connectivity index (χ3n) is 6.20. The Balaban J connectivity index is 2.01. The van der Waals surface area contributed by atoms with Gasteiger partial charge in [-0.2, -0.15) is 0 Å². The van der Waals surface area contributed by atoms with E-state index in [1.807, 2.05) is 50.2 Å². The van der Waals surface area contributed by atoms with Gasteiger partial charge in [0.15, 0.2) is 0 Å². The molecule has 9 heteroatoms. The summed E-state index contributed by atoms with van der Waals surface area (Å²) >= 11 is 3.45. The maximum atomic E-state index is 13.9. The molecular weight excluding hydrogens is 566 g/mol. The molecule has 0 aliphatic heterocycles. The highest BCUT2D eigenvalue weighted by Gasteiger charge is 2.32. The quantitative estimate of drug-likeness (QED) is 0.312. The van der Waals surface area contributed by atoms with E-state index >= 15 is 0 Å². The van der Waals surface area contributed by atoms with Crippen LogP contribution >= 0.6 is 15.9 Å². The van der Waals surface area contributed by atoms with Crippen molar-refractivity contribution < 1.29 is 18.0 Å². The molecular formula is C29H34BrN3O4S. The van der Waals surface area contributed by atoms with Crippen molar-refractivity contribution in [3.05, 3.63) is 94.5 Å². The monoisotopic (exact) mass is 599 g/mol. The van der Waals surface area contributed by atoms with Crippen molar-refractivity contribution in [1.82, 2.24) is 10.2 Å². The van der Waals surface area contributed by atoms with E-state index in [-0.39, 0.29) is 17.3 Å². The number of amides is 2. The predicted octanol–water partition coefficient (Wildman–Crippen LogP) is 5.15. The minimum atomic E-state index is -4.06. The lowest BCUT2D eigenvalue weighted by molar-refractivity contribution is -0.139. The van der Waals surface area contributed by atoms with Gasteiger partial charge in [-0.05, 0) is 67.3 Å². The molecule has 0 aliphatic rings. The summed E-state index contributed by atoms with van der Waals surface area (Å²) in [5.74, 6) is -0.775. The maximum Gasteiger partial charge on any atom is 0.264 e. The van der Waals surface area contributed by atoms with Crippen LogP contribution in [0.25, 0.3) is 0 Å². The zero-order valence-corrected chi connectivity index (χ0v) is 24.3. The van der Waals surface area contributed by atoms with Crippen LogP contribution in [0.1, 0.15) is 38.3 Å². The summed E-state index contributed by atoms with van der Waals surface area (Å²) in [6.45, 7) is 5.80. The summed E-state index contributed by atoms with van der Waals surface area (Å²) < 4.78 is 29.5. The first-order chi connectivity index (χ1) is 18.2. The minimum Gasteiger partial charge on any atom is -0.354 e. The van der Waals surface area contributed by atoms with E-state index < -0.39 is 28.5 Å². The summed E-state index contributed by atoms with van der Waals surface area (Å²) in [7, 11) is -4.06. The number of benzene rings is 3. The van der Waals surface area contributed by atoms with Gasteiger partial charge in [-0.3, -0.25) is 13.9 Å². The summed E-state index contributed by atoms with van der Waals surface area (Å²) in [4.78, 5) is 28.3. The Morgan fingerprint density at radius 3 is 2.21 bits per heavy atom. The van der Waals surface area contributed by atoms with Gasteiger partial charge in [0.05, 0.1) is 10.6 Å². The van der Waals surface area contributed by atoms with E-state index in [4.69, 9.17) is 0 Å². The van der Waals surface area contributed by atoms with Gasteiger partial charge in [-0.15, -0.1) is 0 Å². The topological polar surface area (TPSA) is 86.8 Å². The highest BCUT2D eigenvalue weighted by atomic mass is 79.9. The van der Waals surface area contributed by atoms with Gasteiger partial charge in [0.1, 0.15) is 12.6 Å². The Kier molecular flexibility index (Phi) is 10.5. The molecule has 0 saturated carbocycles. The summed E-state index contributed by atoms with van der Waals surface area (Å²) in [6.07, 6.45) is 1.56. The Bertz CT molecular complexity index is 1330. The van der Waals surface area contributed by atoms with Gasteiger partial charge in [0.25, 0.3) is 10.0 Å². The number of rotatable bonds is 12. The van der Waals surface area contributed by atoms with Crippen molar-refractivity contribution in [2.45, 2.75) is 51.1 Å². The average molecular weight is 601 g/mol. The van der Waals surface area contributed by atoms with E-state index in [0.717, 1.165) is 32.7 Å². The van der Waals surface area contributed by atoms with Crippen molar-refractivity contribution in [2.75, 3.05) is 17.4 Å². The number of anilines is 1. The smallest absolute Gasteiger partial charge is 0.264 e. The zero-order valence-electron chi connectivity index (χ0n) is 21.9. The fourth-order valence-corrected chi connectivity index (χ4v) is 5.84. The molecule has 1 N–H and O–H groups in total.